The average molecular weight is 509 g/mol. The normalized spacial score (nSPS) is 19.5. The van der Waals surface area contributed by atoms with Crippen LogP contribution in [0.3, 0.4) is 0 Å². The fraction of sp³-hybridized carbons (Fsp3) is 0.200. The molecular weight excluding hydrogens is 491 g/mol. The quantitative estimate of drug-likeness (QED) is 0.455. The van der Waals surface area contributed by atoms with Gasteiger partial charge in [-0.05, 0) is 12.1 Å². The number of carbonyl (C=O) groups is 2. The molecule has 3 heterocycles. The van der Waals surface area contributed by atoms with Crippen molar-refractivity contribution in [2.75, 3.05) is 18.6 Å². The summed E-state index contributed by atoms with van der Waals surface area (Å²) in [6.45, 7) is 0.146. The molecule has 2 unspecified atom stereocenters. The molecule has 1 saturated heterocycles. The largest absolute Gasteiger partial charge is 0.494 e. The van der Waals surface area contributed by atoms with Gasteiger partial charge in [0.2, 0.25) is 5.91 Å². The minimum atomic E-state index is -0.697. The Morgan fingerprint density at radius 2 is 2.06 bits per heavy atom. The SMILES string of the molecule is COc1cc(C2=CC3C(=O)N(c4cncc5ccccc45)C(=O)N(CCC#N)C3S2)c(Cl)cc1F. The van der Waals surface area contributed by atoms with Crippen molar-refractivity contribution in [2.45, 2.75) is 11.8 Å². The Labute approximate surface area is 209 Å². The van der Waals surface area contributed by atoms with Crippen molar-refractivity contribution in [2.24, 2.45) is 5.92 Å². The van der Waals surface area contributed by atoms with Gasteiger partial charge in [-0.1, -0.05) is 53.7 Å². The van der Waals surface area contributed by atoms with Crippen LogP contribution in [0.4, 0.5) is 14.9 Å². The first kappa shape index (κ1) is 23.1. The van der Waals surface area contributed by atoms with Crippen LogP contribution >= 0.6 is 23.4 Å². The van der Waals surface area contributed by atoms with E-state index in [1.165, 1.54) is 36.0 Å². The Kier molecular flexibility index (Phi) is 6.09. The second-order valence-corrected chi connectivity index (χ2v) is 9.53. The van der Waals surface area contributed by atoms with E-state index in [0.29, 0.717) is 21.5 Å². The predicted octanol–water partition coefficient (Wildman–Crippen LogP) is 5.45. The molecule has 10 heteroatoms. The number of halogens is 2. The zero-order valence-corrected chi connectivity index (χ0v) is 20.0. The van der Waals surface area contributed by atoms with E-state index in [-0.39, 0.29) is 23.7 Å². The van der Waals surface area contributed by atoms with Gasteiger partial charge < -0.3 is 9.64 Å². The first-order valence-corrected chi connectivity index (χ1v) is 12.0. The van der Waals surface area contributed by atoms with Gasteiger partial charge in [0.05, 0.1) is 47.8 Å². The van der Waals surface area contributed by atoms with Gasteiger partial charge in [-0.15, -0.1) is 0 Å². The van der Waals surface area contributed by atoms with E-state index in [9.17, 15) is 19.2 Å². The number of ether oxygens (including phenoxy) is 1. The predicted molar refractivity (Wildman–Crippen MR) is 132 cm³/mol. The number of thioether (sulfide) groups is 1. The molecule has 0 spiro atoms. The number of hydrogen-bond acceptors (Lipinski definition) is 6. The van der Waals surface area contributed by atoms with Crippen LogP contribution in [0.2, 0.25) is 5.02 Å². The van der Waals surface area contributed by atoms with Crippen molar-refractivity contribution >= 4 is 56.7 Å². The molecule has 3 amide bonds. The zero-order chi connectivity index (χ0) is 24.7. The Bertz CT molecular complexity index is 1430. The monoisotopic (exact) mass is 508 g/mol. The molecule has 3 aromatic rings. The van der Waals surface area contributed by atoms with Gasteiger partial charge in [-0.2, -0.15) is 5.26 Å². The maximum absolute atomic E-state index is 14.1. The minimum Gasteiger partial charge on any atom is -0.494 e. The molecule has 2 atom stereocenters. The minimum absolute atomic E-state index is 0.0213. The molecule has 35 heavy (non-hydrogen) atoms. The summed E-state index contributed by atoms with van der Waals surface area (Å²) in [4.78, 5) is 34.9. The second kappa shape index (κ2) is 9.21. The molecule has 5 rings (SSSR count). The maximum atomic E-state index is 14.1. The van der Waals surface area contributed by atoms with Crippen molar-refractivity contribution in [3.63, 3.8) is 0 Å². The number of methoxy groups -OCH3 is 1. The summed E-state index contributed by atoms with van der Waals surface area (Å²) in [5, 5.41) is 10.3. The Morgan fingerprint density at radius 1 is 1.26 bits per heavy atom. The number of fused-ring (bicyclic) bond motifs is 2. The third kappa shape index (κ3) is 3.89. The highest BCUT2D eigenvalue weighted by Gasteiger charge is 2.50. The third-order valence-electron chi connectivity index (χ3n) is 6.00. The van der Waals surface area contributed by atoms with Crippen LogP contribution < -0.4 is 9.64 Å². The van der Waals surface area contributed by atoms with Crippen LogP contribution in [0.25, 0.3) is 15.7 Å². The van der Waals surface area contributed by atoms with Gasteiger partial charge in [0.1, 0.15) is 0 Å². The molecule has 1 aromatic heterocycles. The van der Waals surface area contributed by atoms with Crippen LogP contribution in [0, 0.1) is 23.1 Å². The number of nitriles is 1. The number of rotatable bonds is 5. The molecule has 7 nitrogen and oxygen atoms in total. The van der Waals surface area contributed by atoms with Crippen LogP contribution in [-0.4, -0.2) is 40.9 Å². The number of imide groups is 1. The molecular formula is C25H18ClFN4O3S. The first-order valence-electron chi connectivity index (χ1n) is 10.7. The van der Waals surface area contributed by atoms with Gasteiger partial charge >= 0.3 is 6.03 Å². The number of nitrogens with zero attached hydrogens (tertiary/aromatic N) is 4. The van der Waals surface area contributed by atoms with E-state index in [0.717, 1.165) is 16.4 Å². The van der Waals surface area contributed by atoms with Crippen LogP contribution in [0.1, 0.15) is 12.0 Å². The van der Waals surface area contributed by atoms with Gasteiger partial charge in [-0.25, -0.2) is 14.1 Å². The Hall–Kier alpha value is -3.61. The summed E-state index contributed by atoms with van der Waals surface area (Å²) in [6, 6.07) is 11.6. The third-order valence-corrected chi connectivity index (χ3v) is 7.71. The van der Waals surface area contributed by atoms with Crippen LogP contribution in [-0.2, 0) is 4.79 Å². The highest BCUT2D eigenvalue weighted by Crippen LogP contribution is 2.50. The Balaban J connectivity index is 1.61. The lowest BCUT2D eigenvalue weighted by Gasteiger charge is -2.41. The van der Waals surface area contributed by atoms with Crippen LogP contribution in [0.5, 0.6) is 5.75 Å². The number of hydrogen-bond donors (Lipinski definition) is 0. The van der Waals surface area contributed by atoms with Gasteiger partial charge in [-0.3, -0.25) is 9.78 Å². The van der Waals surface area contributed by atoms with Crippen LogP contribution in [0.15, 0.2) is 54.9 Å². The smallest absolute Gasteiger partial charge is 0.332 e. The molecule has 2 aromatic carbocycles. The molecule has 1 fully saturated rings. The number of benzene rings is 2. The van der Waals surface area contributed by atoms with E-state index in [4.69, 9.17) is 16.3 Å². The lowest BCUT2D eigenvalue weighted by molar-refractivity contribution is -0.122. The highest BCUT2D eigenvalue weighted by molar-refractivity contribution is 8.09. The maximum Gasteiger partial charge on any atom is 0.332 e. The topological polar surface area (TPSA) is 86.5 Å². The van der Waals surface area contributed by atoms with E-state index in [1.807, 2.05) is 24.3 Å². The summed E-state index contributed by atoms with van der Waals surface area (Å²) < 4.78 is 19.2. The van der Waals surface area contributed by atoms with Crippen molar-refractivity contribution < 1.29 is 18.7 Å². The molecule has 0 saturated carbocycles. The number of amides is 3. The van der Waals surface area contributed by atoms with Gasteiger partial charge in [0.25, 0.3) is 0 Å². The standard InChI is InChI=1S/C25H18ClFN4O3S/c1-34-21-9-16(18(26)11-19(21)27)22-10-17-23(32)31(25(33)30(8-4-7-28)24(17)35-22)20-13-29-12-14-5-2-3-6-15(14)20/h2-3,5-6,9-13,17,24H,4,8H2,1H3. The lowest BCUT2D eigenvalue weighted by Crippen LogP contribution is -2.60. The van der Waals surface area contributed by atoms with Gasteiger partial charge in [0.15, 0.2) is 11.6 Å². The number of aromatic nitrogens is 1. The van der Waals surface area contributed by atoms with Crippen molar-refractivity contribution in [3.8, 4) is 11.8 Å². The van der Waals surface area contributed by atoms with E-state index < -0.39 is 29.0 Å². The van der Waals surface area contributed by atoms with Crippen molar-refractivity contribution in [1.82, 2.24) is 9.88 Å². The molecule has 0 radical (unpaired) electrons. The first-order chi connectivity index (χ1) is 16.9. The summed E-state index contributed by atoms with van der Waals surface area (Å²) >= 11 is 7.62. The molecule has 2 aliphatic rings. The average Bonchev–Trinajstić information content (AvgIpc) is 3.29. The van der Waals surface area contributed by atoms with E-state index in [1.54, 1.807) is 12.3 Å². The Morgan fingerprint density at radius 3 is 2.83 bits per heavy atom. The molecule has 2 aliphatic heterocycles. The summed E-state index contributed by atoms with van der Waals surface area (Å²) in [5.74, 6) is -1.68. The summed E-state index contributed by atoms with van der Waals surface area (Å²) in [6.07, 6.45) is 5.01. The molecule has 176 valence electrons. The van der Waals surface area contributed by atoms with Crippen molar-refractivity contribution in [3.05, 3.63) is 71.3 Å². The molecule has 0 N–H and O–H groups in total. The zero-order valence-electron chi connectivity index (χ0n) is 18.4. The number of urea groups is 1. The highest BCUT2D eigenvalue weighted by atomic mass is 35.5. The number of anilines is 1. The number of carbonyl (C=O) groups excluding carboxylic acids is 2. The van der Waals surface area contributed by atoms with E-state index >= 15 is 0 Å². The lowest BCUT2D eigenvalue weighted by atomic mass is 10.0. The summed E-state index contributed by atoms with van der Waals surface area (Å²) in [7, 11) is 1.36. The van der Waals surface area contributed by atoms with E-state index in [2.05, 4.69) is 11.1 Å². The second-order valence-electron chi connectivity index (χ2n) is 7.97. The molecule has 0 aliphatic carbocycles. The summed E-state index contributed by atoms with van der Waals surface area (Å²) in [5.41, 5.74) is 0.884. The van der Waals surface area contributed by atoms with Crippen molar-refractivity contribution in [1.29, 1.82) is 5.26 Å². The fourth-order valence-corrected chi connectivity index (χ4v) is 6.09. The van der Waals surface area contributed by atoms with Gasteiger partial charge in [0, 0.05) is 34.0 Å². The molecule has 0 bridgehead atoms. The fourth-order valence-electron chi connectivity index (χ4n) is 4.34. The number of pyridine rings is 1.